The van der Waals surface area contributed by atoms with Gasteiger partial charge < -0.3 is 9.64 Å². The highest BCUT2D eigenvalue weighted by Crippen LogP contribution is 2.29. The summed E-state index contributed by atoms with van der Waals surface area (Å²) in [6.07, 6.45) is 5.22. The molecule has 24 heavy (non-hydrogen) atoms. The first-order chi connectivity index (χ1) is 11.6. The van der Waals surface area contributed by atoms with Crippen molar-refractivity contribution in [2.75, 3.05) is 13.7 Å². The smallest absolute Gasteiger partial charge is 0.251 e. The third-order valence-corrected chi connectivity index (χ3v) is 4.61. The lowest BCUT2D eigenvalue weighted by Gasteiger charge is -2.28. The maximum Gasteiger partial charge on any atom is 0.251 e. The van der Waals surface area contributed by atoms with Crippen LogP contribution in [0, 0.1) is 5.92 Å². The van der Waals surface area contributed by atoms with Gasteiger partial charge >= 0.3 is 0 Å². The fourth-order valence-corrected chi connectivity index (χ4v) is 2.58. The number of rotatable bonds is 7. The van der Waals surface area contributed by atoms with Crippen LogP contribution in [0.4, 0.5) is 0 Å². The highest BCUT2D eigenvalue weighted by molar-refractivity contribution is 5.80. The standard InChI is InChI=1S/C18H24N4O2/c1-13(21(3)18(23)14(2)24-10-15-4-5-15)16-6-8-17(9-7-16)22-12-19-11-20-22/h6-9,11-15H,4-5,10H2,1-3H3/t13-,14-/m1/s1. The summed E-state index contributed by atoms with van der Waals surface area (Å²) >= 11 is 0. The van der Waals surface area contributed by atoms with E-state index in [1.807, 2.05) is 45.2 Å². The van der Waals surface area contributed by atoms with Crippen molar-refractivity contribution in [3.8, 4) is 5.69 Å². The molecule has 1 heterocycles. The summed E-state index contributed by atoms with van der Waals surface area (Å²) in [6.45, 7) is 4.56. The molecule has 1 aromatic heterocycles. The predicted molar refractivity (Wildman–Crippen MR) is 90.7 cm³/mol. The molecule has 0 spiro atoms. The van der Waals surface area contributed by atoms with E-state index in [4.69, 9.17) is 4.74 Å². The molecule has 6 nitrogen and oxygen atoms in total. The van der Waals surface area contributed by atoms with Crippen molar-refractivity contribution < 1.29 is 9.53 Å². The van der Waals surface area contributed by atoms with Crippen molar-refractivity contribution >= 4 is 5.91 Å². The quantitative estimate of drug-likeness (QED) is 0.784. The van der Waals surface area contributed by atoms with Crippen LogP contribution in [0.25, 0.3) is 5.69 Å². The molecular weight excluding hydrogens is 304 g/mol. The number of carbonyl (C=O) groups excluding carboxylic acids is 1. The topological polar surface area (TPSA) is 60.2 Å². The van der Waals surface area contributed by atoms with Crippen LogP contribution in [0.15, 0.2) is 36.9 Å². The molecule has 0 N–H and O–H groups in total. The molecule has 1 fully saturated rings. The van der Waals surface area contributed by atoms with Crippen molar-refractivity contribution in [1.82, 2.24) is 19.7 Å². The lowest BCUT2D eigenvalue weighted by Crippen LogP contribution is -2.38. The van der Waals surface area contributed by atoms with Crippen LogP contribution >= 0.6 is 0 Å². The van der Waals surface area contributed by atoms with Crippen LogP contribution in [0.1, 0.15) is 38.3 Å². The Balaban J connectivity index is 1.61. The Morgan fingerprint density at radius 2 is 2.04 bits per heavy atom. The van der Waals surface area contributed by atoms with Gasteiger partial charge in [0.05, 0.1) is 18.3 Å². The predicted octanol–water partition coefficient (Wildman–Crippen LogP) is 2.60. The average molecular weight is 328 g/mol. The molecule has 2 atom stereocenters. The van der Waals surface area contributed by atoms with Crippen molar-refractivity contribution in [2.45, 2.75) is 38.8 Å². The molecule has 1 saturated carbocycles. The third kappa shape index (κ3) is 3.82. The van der Waals surface area contributed by atoms with Gasteiger partial charge in [-0.15, -0.1) is 0 Å². The fourth-order valence-electron chi connectivity index (χ4n) is 2.58. The lowest BCUT2D eigenvalue weighted by atomic mass is 10.1. The molecule has 1 aliphatic rings. The zero-order chi connectivity index (χ0) is 17.1. The van der Waals surface area contributed by atoms with Gasteiger partial charge in [-0.25, -0.2) is 9.67 Å². The number of hydrogen-bond acceptors (Lipinski definition) is 4. The molecule has 1 amide bonds. The van der Waals surface area contributed by atoms with Gasteiger partial charge in [-0.05, 0) is 50.3 Å². The first kappa shape index (κ1) is 16.6. The van der Waals surface area contributed by atoms with Gasteiger partial charge in [-0.3, -0.25) is 4.79 Å². The summed E-state index contributed by atoms with van der Waals surface area (Å²) in [4.78, 5) is 18.2. The molecule has 0 bridgehead atoms. The number of likely N-dealkylation sites (N-methyl/N-ethyl adjacent to an activating group) is 1. The van der Waals surface area contributed by atoms with Crippen molar-refractivity contribution in [3.05, 3.63) is 42.5 Å². The Labute approximate surface area is 142 Å². The fraction of sp³-hybridized carbons (Fsp3) is 0.500. The number of carbonyl (C=O) groups is 1. The molecular formula is C18H24N4O2. The van der Waals surface area contributed by atoms with Crippen molar-refractivity contribution in [2.24, 2.45) is 5.92 Å². The van der Waals surface area contributed by atoms with E-state index < -0.39 is 6.10 Å². The zero-order valence-electron chi connectivity index (χ0n) is 14.4. The first-order valence-electron chi connectivity index (χ1n) is 8.39. The Kier molecular flexibility index (Phi) is 4.94. The molecule has 0 aliphatic heterocycles. The van der Waals surface area contributed by atoms with E-state index >= 15 is 0 Å². The van der Waals surface area contributed by atoms with E-state index in [9.17, 15) is 4.79 Å². The van der Waals surface area contributed by atoms with Crippen LogP contribution < -0.4 is 0 Å². The summed E-state index contributed by atoms with van der Waals surface area (Å²) in [7, 11) is 1.83. The normalized spacial score (nSPS) is 16.6. The molecule has 1 aliphatic carbocycles. The molecule has 3 rings (SSSR count). The highest BCUT2D eigenvalue weighted by atomic mass is 16.5. The Morgan fingerprint density at radius 3 is 2.62 bits per heavy atom. The number of hydrogen-bond donors (Lipinski definition) is 0. The largest absolute Gasteiger partial charge is 0.368 e. The summed E-state index contributed by atoms with van der Waals surface area (Å²) in [6, 6.07) is 7.97. The van der Waals surface area contributed by atoms with Crippen LogP contribution in [-0.2, 0) is 9.53 Å². The highest BCUT2D eigenvalue weighted by Gasteiger charge is 2.27. The SMILES string of the molecule is C[C@H](c1ccc(-n2cncn2)cc1)N(C)C(=O)[C@@H](C)OCC1CC1. The summed E-state index contributed by atoms with van der Waals surface area (Å²) in [5.41, 5.74) is 2.02. The number of nitrogens with zero attached hydrogens (tertiary/aromatic N) is 4. The van der Waals surface area contributed by atoms with E-state index in [0.717, 1.165) is 11.3 Å². The Hall–Kier alpha value is -2.21. The second kappa shape index (κ2) is 7.13. The third-order valence-electron chi connectivity index (χ3n) is 4.61. The van der Waals surface area contributed by atoms with Gasteiger partial charge in [0.2, 0.25) is 0 Å². The lowest BCUT2D eigenvalue weighted by molar-refractivity contribution is -0.143. The monoisotopic (exact) mass is 328 g/mol. The van der Waals surface area contributed by atoms with Crippen LogP contribution in [-0.4, -0.2) is 45.3 Å². The Bertz CT molecular complexity index is 665. The van der Waals surface area contributed by atoms with Crippen LogP contribution in [0.5, 0.6) is 0 Å². The minimum Gasteiger partial charge on any atom is -0.368 e. The summed E-state index contributed by atoms with van der Waals surface area (Å²) in [5.74, 6) is 0.677. The van der Waals surface area contributed by atoms with Gasteiger partial charge in [0.25, 0.3) is 5.91 Å². The van der Waals surface area contributed by atoms with E-state index in [0.29, 0.717) is 12.5 Å². The maximum absolute atomic E-state index is 12.5. The number of aromatic nitrogens is 3. The zero-order valence-corrected chi connectivity index (χ0v) is 14.4. The van der Waals surface area contributed by atoms with Crippen LogP contribution in [0.2, 0.25) is 0 Å². The summed E-state index contributed by atoms with van der Waals surface area (Å²) in [5, 5.41) is 4.11. The van der Waals surface area contributed by atoms with Gasteiger partial charge in [-0.2, -0.15) is 5.10 Å². The minimum absolute atomic E-state index is 0.0171. The molecule has 0 radical (unpaired) electrons. The second-order valence-electron chi connectivity index (χ2n) is 6.48. The number of benzene rings is 1. The first-order valence-corrected chi connectivity index (χ1v) is 8.39. The van der Waals surface area contributed by atoms with Gasteiger partial charge in [0.15, 0.2) is 0 Å². The summed E-state index contributed by atoms with van der Waals surface area (Å²) < 4.78 is 7.40. The van der Waals surface area contributed by atoms with E-state index in [-0.39, 0.29) is 11.9 Å². The Morgan fingerprint density at radius 1 is 1.33 bits per heavy atom. The molecule has 2 aromatic rings. The molecule has 1 aromatic carbocycles. The number of amides is 1. The minimum atomic E-state index is -0.396. The second-order valence-corrected chi connectivity index (χ2v) is 6.48. The molecule has 128 valence electrons. The van der Waals surface area contributed by atoms with Crippen molar-refractivity contribution in [1.29, 1.82) is 0 Å². The van der Waals surface area contributed by atoms with Gasteiger partial charge in [0, 0.05) is 7.05 Å². The van der Waals surface area contributed by atoms with E-state index in [2.05, 4.69) is 10.1 Å². The average Bonchev–Trinajstić information content (AvgIpc) is 3.29. The van der Waals surface area contributed by atoms with Crippen LogP contribution in [0.3, 0.4) is 0 Å². The number of ether oxygens (including phenoxy) is 1. The van der Waals surface area contributed by atoms with Gasteiger partial charge in [0.1, 0.15) is 18.8 Å². The molecule has 0 saturated heterocycles. The van der Waals surface area contributed by atoms with E-state index in [1.54, 1.807) is 15.9 Å². The molecule has 0 unspecified atom stereocenters. The van der Waals surface area contributed by atoms with E-state index in [1.165, 1.54) is 19.2 Å². The molecule has 6 heteroatoms. The van der Waals surface area contributed by atoms with Gasteiger partial charge in [-0.1, -0.05) is 12.1 Å². The van der Waals surface area contributed by atoms with Crippen molar-refractivity contribution in [3.63, 3.8) is 0 Å². The maximum atomic E-state index is 12.5.